The van der Waals surface area contributed by atoms with Gasteiger partial charge in [-0.05, 0) is 18.0 Å². The van der Waals surface area contributed by atoms with Crippen molar-refractivity contribution in [3.05, 3.63) is 0 Å². The van der Waals surface area contributed by atoms with Gasteiger partial charge >= 0.3 is 0 Å². The van der Waals surface area contributed by atoms with Crippen molar-refractivity contribution in [2.75, 3.05) is 42.6 Å². The van der Waals surface area contributed by atoms with E-state index < -0.39 is 0 Å². The van der Waals surface area contributed by atoms with Crippen molar-refractivity contribution in [3.63, 3.8) is 0 Å². The minimum atomic E-state index is -0.273. The maximum absolute atomic E-state index is 11.6. The van der Waals surface area contributed by atoms with Crippen LogP contribution in [0.25, 0.3) is 0 Å². The van der Waals surface area contributed by atoms with Gasteiger partial charge in [0.05, 0.1) is 0 Å². The predicted octanol–water partition coefficient (Wildman–Crippen LogP) is 3.94. The van der Waals surface area contributed by atoms with Gasteiger partial charge in [0.1, 0.15) is 5.78 Å². The van der Waals surface area contributed by atoms with Crippen LogP contribution in [0.5, 0.6) is 0 Å². The molecule has 0 spiro atoms. The summed E-state index contributed by atoms with van der Waals surface area (Å²) in [6, 6.07) is 0. The summed E-state index contributed by atoms with van der Waals surface area (Å²) in [4.78, 5) is 77.0. The summed E-state index contributed by atoms with van der Waals surface area (Å²) < 4.78 is 0. The molecule has 1 amide bonds. The monoisotopic (exact) mass is 675 g/mol. The first-order valence-corrected chi connectivity index (χ1v) is 17.8. The van der Waals surface area contributed by atoms with E-state index in [0.29, 0.717) is 87.6 Å². The molecule has 41 heavy (non-hydrogen) atoms. The third-order valence-electron chi connectivity index (χ3n) is 4.37. The Morgan fingerprint density at radius 1 is 0.585 bits per heavy atom. The van der Waals surface area contributed by atoms with Crippen LogP contribution in [0.4, 0.5) is 0 Å². The summed E-state index contributed by atoms with van der Waals surface area (Å²) in [7, 11) is 0. The van der Waals surface area contributed by atoms with Gasteiger partial charge < -0.3 is 16.8 Å². The Morgan fingerprint density at radius 2 is 0.976 bits per heavy atom. The van der Waals surface area contributed by atoms with Gasteiger partial charge in [-0.1, -0.05) is 67.8 Å². The molecule has 0 aliphatic heterocycles. The molecule has 0 aliphatic rings. The number of nitrogens with two attached hydrogens (primary N) is 2. The molecule has 0 aromatic heterocycles. The highest BCUT2D eigenvalue weighted by Crippen LogP contribution is 2.14. The number of hydrogen-bond acceptors (Lipinski definition) is 13. The number of rotatable bonds is 20. The zero-order chi connectivity index (χ0) is 31.9. The van der Waals surface area contributed by atoms with Crippen molar-refractivity contribution in [1.82, 2.24) is 5.32 Å². The number of amides is 1. The fourth-order valence-corrected chi connectivity index (χ4v) is 4.78. The molecule has 0 aromatic rings. The smallest absolute Gasteiger partial charge is 0.221 e. The summed E-state index contributed by atoms with van der Waals surface area (Å²) in [6.07, 6.45) is 3.73. The number of thioether (sulfide) groups is 4. The van der Waals surface area contributed by atoms with Gasteiger partial charge in [0.2, 0.25) is 11.1 Å². The summed E-state index contributed by atoms with van der Waals surface area (Å²) in [6.45, 7) is 6.78. The van der Waals surface area contributed by atoms with Crippen molar-refractivity contribution in [2.24, 2.45) is 11.5 Å². The number of nitrogens with one attached hydrogen (secondary N) is 1. The molecule has 0 saturated carbocycles. The summed E-state index contributed by atoms with van der Waals surface area (Å²) in [5, 5.41) is 2.47. The van der Waals surface area contributed by atoms with Crippen LogP contribution < -0.4 is 16.8 Å². The Hall–Kier alpha value is -0.900. The van der Waals surface area contributed by atoms with Crippen molar-refractivity contribution in [1.29, 1.82) is 0 Å². The third-order valence-corrected chi connectivity index (χ3v) is 8.52. The van der Waals surface area contributed by atoms with Gasteiger partial charge in [-0.2, -0.15) is 0 Å². The normalized spacial score (nSPS) is 9.90. The fourth-order valence-electron chi connectivity index (χ4n) is 2.15. The number of carbonyl (C=O) groups excluding carboxylic acids is 7. The molecule has 0 aliphatic carbocycles. The molecule has 5 N–H and O–H groups in total. The first-order chi connectivity index (χ1) is 19.5. The lowest BCUT2D eigenvalue weighted by Gasteiger charge is -2.03. The molecule has 0 rings (SSSR count). The zero-order valence-electron chi connectivity index (χ0n) is 24.3. The van der Waals surface area contributed by atoms with Crippen LogP contribution in [-0.4, -0.2) is 80.0 Å². The van der Waals surface area contributed by atoms with E-state index in [9.17, 15) is 33.6 Å². The molecule has 0 bridgehead atoms. The predicted molar refractivity (Wildman–Crippen MR) is 175 cm³/mol. The standard InChI is InChI=1S/C15H25NO4S2.C8H16N2O2S2.C3H5ClO/c1-3-12(17)6-5-10-21-14(19)7-8-15(20)22-11-9-16-13(18)4-2;9-3-5-13-7(11)1-2-8(12)14-6-4-10;1-2-3(4)5/h3-11H2,1-2H3,(H,16,18);1-6,9-10H2;2H2,1H3. The van der Waals surface area contributed by atoms with Gasteiger partial charge in [0.25, 0.3) is 0 Å². The molecule has 0 atom stereocenters. The SMILES string of the molecule is CCC(=O)CCCSC(=O)CCC(=O)SCCNC(=O)CC.CCC(=O)Cl.NCCSC(=O)CCC(=O)SCCN. The molecule has 0 saturated heterocycles. The molecule has 0 heterocycles. The van der Waals surface area contributed by atoms with Crippen LogP contribution in [0, 0.1) is 0 Å². The molecular weight excluding hydrogens is 630 g/mol. The van der Waals surface area contributed by atoms with E-state index in [2.05, 4.69) is 5.32 Å². The van der Waals surface area contributed by atoms with Crippen molar-refractivity contribution < 1.29 is 33.6 Å². The number of carbonyl (C=O) groups is 7. The average molecular weight is 676 g/mol. The Bertz CT molecular complexity index is 734. The second-order valence-corrected chi connectivity index (χ2v) is 12.9. The third kappa shape index (κ3) is 39.1. The Kier molecular flexibility index (Phi) is 36.5. The van der Waals surface area contributed by atoms with E-state index in [4.69, 9.17) is 23.1 Å². The lowest BCUT2D eigenvalue weighted by Crippen LogP contribution is -2.24. The average Bonchev–Trinajstić information content (AvgIpc) is 2.97. The molecule has 10 nitrogen and oxygen atoms in total. The fraction of sp³-hybridized carbons (Fsp3) is 0.731. The van der Waals surface area contributed by atoms with E-state index in [0.717, 1.165) is 11.8 Å². The minimum Gasteiger partial charge on any atom is -0.355 e. The van der Waals surface area contributed by atoms with E-state index >= 15 is 0 Å². The van der Waals surface area contributed by atoms with Crippen LogP contribution >= 0.6 is 58.6 Å². The Labute approximate surface area is 266 Å². The summed E-state index contributed by atoms with van der Waals surface area (Å²) >= 11 is 9.55. The largest absolute Gasteiger partial charge is 0.355 e. The van der Waals surface area contributed by atoms with Crippen molar-refractivity contribution >= 4 is 96.0 Å². The Morgan fingerprint density at radius 3 is 1.32 bits per heavy atom. The van der Waals surface area contributed by atoms with E-state index in [1.807, 2.05) is 6.92 Å². The number of ketones is 1. The first-order valence-electron chi connectivity index (χ1n) is 13.5. The maximum Gasteiger partial charge on any atom is 0.221 e. The highest BCUT2D eigenvalue weighted by atomic mass is 35.5. The lowest BCUT2D eigenvalue weighted by molar-refractivity contribution is -0.121. The topological polar surface area (TPSA) is 184 Å². The Balaban J connectivity index is -0.000000645. The molecular formula is C26H46ClN3O7S4. The molecule has 0 unspecified atom stereocenters. The van der Waals surface area contributed by atoms with Crippen molar-refractivity contribution in [2.45, 2.75) is 78.6 Å². The number of halogens is 1. The molecule has 238 valence electrons. The number of Topliss-reactive ketones (excluding diaryl/α,β-unsaturated/α-hetero) is 1. The summed E-state index contributed by atoms with van der Waals surface area (Å²) in [5.74, 6) is 2.61. The van der Waals surface area contributed by atoms with Gasteiger partial charge in [0.15, 0.2) is 20.5 Å². The quantitative estimate of drug-likeness (QED) is 0.125. The molecule has 15 heteroatoms. The van der Waals surface area contributed by atoms with Gasteiger partial charge in [-0.25, -0.2) is 0 Å². The second kappa shape index (κ2) is 33.6. The molecule has 0 radical (unpaired) electrons. The minimum absolute atomic E-state index is 0.00261. The van der Waals surface area contributed by atoms with Gasteiger partial charge in [-0.3, -0.25) is 33.6 Å². The lowest BCUT2D eigenvalue weighted by atomic mass is 10.2. The van der Waals surface area contributed by atoms with E-state index in [-0.39, 0.29) is 50.2 Å². The first kappa shape index (κ1) is 44.5. The van der Waals surface area contributed by atoms with Crippen molar-refractivity contribution in [3.8, 4) is 0 Å². The van der Waals surface area contributed by atoms with E-state index in [1.165, 1.54) is 35.3 Å². The number of hydrogen-bond donors (Lipinski definition) is 3. The maximum atomic E-state index is 11.6. The van der Waals surface area contributed by atoms with Gasteiger partial charge in [0, 0.05) is 94.0 Å². The highest BCUT2D eigenvalue weighted by molar-refractivity contribution is 8.14. The zero-order valence-corrected chi connectivity index (χ0v) is 28.4. The van der Waals surface area contributed by atoms with Crippen LogP contribution in [0.1, 0.15) is 78.6 Å². The van der Waals surface area contributed by atoms with Crippen LogP contribution in [0.3, 0.4) is 0 Å². The second-order valence-electron chi connectivity index (χ2n) is 7.87. The van der Waals surface area contributed by atoms with Crippen LogP contribution in [0.2, 0.25) is 0 Å². The van der Waals surface area contributed by atoms with Crippen LogP contribution in [0.15, 0.2) is 0 Å². The summed E-state index contributed by atoms with van der Waals surface area (Å²) in [5.41, 5.74) is 10.5. The van der Waals surface area contributed by atoms with Gasteiger partial charge in [-0.15, -0.1) is 0 Å². The van der Waals surface area contributed by atoms with Crippen LogP contribution in [-0.2, 0) is 33.6 Å². The highest BCUT2D eigenvalue weighted by Gasteiger charge is 2.09. The van der Waals surface area contributed by atoms with E-state index in [1.54, 1.807) is 13.8 Å². The molecule has 0 fully saturated rings. The molecule has 0 aromatic carbocycles.